The Morgan fingerprint density at radius 2 is 2.06 bits per heavy atom. The second kappa shape index (κ2) is 4.71. The van der Waals surface area contributed by atoms with Crippen molar-refractivity contribution in [2.75, 3.05) is 13.2 Å². The predicted molar refractivity (Wildman–Crippen MR) is 66.8 cm³/mol. The number of aliphatic hydroxyl groups excluding tert-OH is 1. The van der Waals surface area contributed by atoms with E-state index in [0.717, 1.165) is 6.54 Å². The molecule has 0 bridgehead atoms. The number of aliphatic hydroxyl groups is 1. The fourth-order valence-electron chi connectivity index (χ4n) is 2.24. The fraction of sp³-hybridized carbons (Fsp3) is 0.429. The highest BCUT2D eigenvalue weighted by Crippen LogP contribution is 2.30. The monoisotopic (exact) mass is 217 g/mol. The van der Waals surface area contributed by atoms with E-state index in [1.807, 2.05) is 12.1 Å². The van der Waals surface area contributed by atoms with Crippen LogP contribution in [0.25, 0.3) is 6.08 Å². The Labute approximate surface area is 97.2 Å². The third-order valence-corrected chi connectivity index (χ3v) is 2.95. The quantitative estimate of drug-likeness (QED) is 0.841. The van der Waals surface area contributed by atoms with Gasteiger partial charge in [0.2, 0.25) is 0 Å². The van der Waals surface area contributed by atoms with E-state index in [-0.39, 0.29) is 12.6 Å². The molecule has 0 amide bonds. The van der Waals surface area contributed by atoms with Gasteiger partial charge in [-0.1, -0.05) is 38.1 Å². The molecule has 1 N–H and O–H groups in total. The van der Waals surface area contributed by atoms with Gasteiger partial charge in [0.05, 0.1) is 12.6 Å². The molecule has 0 aliphatic carbocycles. The first-order valence-corrected chi connectivity index (χ1v) is 5.86. The molecule has 1 aliphatic heterocycles. The Kier molecular flexibility index (Phi) is 3.30. The second-order valence-corrected chi connectivity index (χ2v) is 4.73. The Morgan fingerprint density at radius 1 is 1.31 bits per heavy atom. The predicted octanol–water partition coefficient (Wildman–Crippen LogP) is 2.66. The summed E-state index contributed by atoms with van der Waals surface area (Å²) in [5.41, 5.74) is 2.45. The highest BCUT2D eigenvalue weighted by molar-refractivity contribution is 5.57. The Morgan fingerprint density at radius 3 is 2.75 bits per heavy atom. The molecule has 0 fully saturated rings. The van der Waals surface area contributed by atoms with Crippen molar-refractivity contribution in [3.63, 3.8) is 0 Å². The van der Waals surface area contributed by atoms with E-state index in [9.17, 15) is 5.11 Å². The summed E-state index contributed by atoms with van der Waals surface area (Å²) < 4.78 is 0. The first kappa shape index (κ1) is 11.2. The van der Waals surface area contributed by atoms with Gasteiger partial charge in [0, 0.05) is 12.7 Å². The molecule has 1 aromatic carbocycles. The van der Waals surface area contributed by atoms with Gasteiger partial charge in [0.25, 0.3) is 0 Å². The minimum absolute atomic E-state index is 0.114. The van der Waals surface area contributed by atoms with Gasteiger partial charge in [-0.15, -0.1) is 0 Å². The summed E-state index contributed by atoms with van der Waals surface area (Å²) in [4.78, 5) is 2.23. The molecule has 2 rings (SSSR count). The van der Waals surface area contributed by atoms with E-state index in [2.05, 4.69) is 43.2 Å². The maximum absolute atomic E-state index is 9.55. The van der Waals surface area contributed by atoms with Crippen LogP contribution in [-0.2, 0) is 0 Å². The minimum Gasteiger partial charge on any atom is -0.394 e. The normalized spacial score (nSPS) is 19.0. The lowest BCUT2D eigenvalue weighted by Crippen LogP contribution is -2.32. The molecule has 1 atom stereocenters. The zero-order chi connectivity index (χ0) is 11.5. The van der Waals surface area contributed by atoms with Crippen LogP contribution in [0.2, 0.25) is 0 Å². The van der Waals surface area contributed by atoms with Gasteiger partial charge < -0.3 is 10.0 Å². The summed E-state index contributed by atoms with van der Waals surface area (Å²) in [7, 11) is 0. The fourth-order valence-corrected chi connectivity index (χ4v) is 2.24. The summed E-state index contributed by atoms with van der Waals surface area (Å²) >= 11 is 0. The van der Waals surface area contributed by atoms with Crippen LogP contribution in [0, 0.1) is 5.92 Å². The van der Waals surface area contributed by atoms with Crippen molar-refractivity contribution < 1.29 is 5.11 Å². The van der Waals surface area contributed by atoms with Crippen molar-refractivity contribution in [2.45, 2.75) is 19.9 Å². The van der Waals surface area contributed by atoms with Crippen LogP contribution < -0.4 is 0 Å². The number of benzene rings is 1. The highest BCUT2D eigenvalue weighted by Gasteiger charge is 2.22. The minimum atomic E-state index is 0.114. The van der Waals surface area contributed by atoms with E-state index in [1.165, 1.54) is 11.1 Å². The first-order chi connectivity index (χ1) is 7.72. The van der Waals surface area contributed by atoms with Crippen LogP contribution in [-0.4, -0.2) is 23.2 Å². The van der Waals surface area contributed by atoms with Gasteiger partial charge in [0.1, 0.15) is 0 Å². The molecule has 0 aromatic heterocycles. The van der Waals surface area contributed by atoms with Crippen LogP contribution >= 0.6 is 0 Å². The molecule has 1 unspecified atom stereocenters. The van der Waals surface area contributed by atoms with Crippen LogP contribution in [0.3, 0.4) is 0 Å². The van der Waals surface area contributed by atoms with Gasteiger partial charge in [-0.05, 0) is 23.1 Å². The highest BCUT2D eigenvalue weighted by atomic mass is 16.3. The third kappa shape index (κ3) is 2.12. The van der Waals surface area contributed by atoms with E-state index >= 15 is 0 Å². The van der Waals surface area contributed by atoms with E-state index in [4.69, 9.17) is 0 Å². The van der Waals surface area contributed by atoms with Crippen molar-refractivity contribution in [1.29, 1.82) is 0 Å². The lowest BCUT2D eigenvalue weighted by atomic mass is 9.96. The smallest absolute Gasteiger partial charge is 0.0773 e. The van der Waals surface area contributed by atoms with Crippen LogP contribution in [0.1, 0.15) is 31.0 Å². The Hall–Kier alpha value is -1.28. The molecule has 2 nitrogen and oxygen atoms in total. The summed E-state index contributed by atoms with van der Waals surface area (Å²) in [5.74, 6) is 0.601. The average molecular weight is 217 g/mol. The van der Waals surface area contributed by atoms with Crippen molar-refractivity contribution >= 4 is 6.08 Å². The van der Waals surface area contributed by atoms with Crippen LogP contribution in [0.4, 0.5) is 0 Å². The van der Waals surface area contributed by atoms with Gasteiger partial charge >= 0.3 is 0 Å². The number of rotatable bonds is 3. The van der Waals surface area contributed by atoms with Gasteiger partial charge in [0.15, 0.2) is 0 Å². The lowest BCUT2D eigenvalue weighted by Gasteiger charge is -2.34. The molecule has 0 spiro atoms. The van der Waals surface area contributed by atoms with E-state index < -0.39 is 0 Å². The zero-order valence-corrected chi connectivity index (χ0v) is 9.93. The van der Waals surface area contributed by atoms with E-state index in [1.54, 1.807) is 0 Å². The molecule has 1 heterocycles. The Bertz CT molecular complexity index is 384. The molecule has 1 aromatic rings. The maximum atomic E-state index is 9.55. The van der Waals surface area contributed by atoms with Crippen molar-refractivity contribution in [1.82, 2.24) is 4.90 Å². The molecule has 0 saturated carbocycles. The molecule has 0 saturated heterocycles. The van der Waals surface area contributed by atoms with Gasteiger partial charge in [-0.2, -0.15) is 0 Å². The molecule has 86 valence electrons. The number of hydrogen-bond acceptors (Lipinski definition) is 2. The van der Waals surface area contributed by atoms with Crippen LogP contribution in [0.5, 0.6) is 0 Å². The molecular weight excluding hydrogens is 198 g/mol. The molecule has 1 aliphatic rings. The number of hydrogen-bond donors (Lipinski definition) is 1. The molecule has 0 radical (unpaired) electrons. The van der Waals surface area contributed by atoms with Crippen molar-refractivity contribution in [3.05, 3.63) is 41.6 Å². The maximum Gasteiger partial charge on any atom is 0.0773 e. The molecular formula is C14H19NO. The summed E-state index contributed by atoms with van der Waals surface area (Å²) in [6.45, 7) is 5.55. The summed E-state index contributed by atoms with van der Waals surface area (Å²) in [6, 6.07) is 8.39. The number of nitrogens with zero attached hydrogens (tertiary/aromatic N) is 1. The first-order valence-electron chi connectivity index (χ1n) is 5.86. The zero-order valence-electron chi connectivity index (χ0n) is 9.93. The largest absolute Gasteiger partial charge is 0.394 e. The third-order valence-electron chi connectivity index (χ3n) is 2.95. The van der Waals surface area contributed by atoms with E-state index in [0.29, 0.717) is 5.92 Å². The standard InChI is InChI=1S/C14H19NO/c1-11(2)9-15-8-7-12-5-3-4-6-13(12)14(15)10-16/h3-8,11,14,16H,9-10H2,1-2H3. The molecule has 2 heteroatoms. The van der Waals surface area contributed by atoms with Crippen molar-refractivity contribution in [3.8, 4) is 0 Å². The lowest BCUT2D eigenvalue weighted by molar-refractivity contribution is 0.153. The van der Waals surface area contributed by atoms with Crippen molar-refractivity contribution in [2.24, 2.45) is 5.92 Å². The SMILES string of the molecule is CC(C)CN1C=Cc2ccccc2C1CO. The second-order valence-electron chi connectivity index (χ2n) is 4.73. The topological polar surface area (TPSA) is 23.5 Å². The van der Waals surface area contributed by atoms with Crippen LogP contribution in [0.15, 0.2) is 30.5 Å². The molecule has 16 heavy (non-hydrogen) atoms. The average Bonchev–Trinajstić information content (AvgIpc) is 2.28. The number of fused-ring (bicyclic) bond motifs is 1. The summed E-state index contributed by atoms with van der Waals surface area (Å²) in [5, 5.41) is 9.55. The Balaban J connectivity index is 2.29. The summed E-state index contributed by atoms with van der Waals surface area (Å²) in [6.07, 6.45) is 4.23. The van der Waals surface area contributed by atoms with Gasteiger partial charge in [-0.3, -0.25) is 0 Å². The van der Waals surface area contributed by atoms with Gasteiger partial charge in [-0.25, -0.2) is 0 Å².